The van der Waals surface area contributed by atoms with Gasteiger partial charge in [-0.05, 0) is 59.5 Å². The molecule has 4 heteroatoms. The lowest BCUT2D eigenvalue weighted by Crippen LogP contribution is -2.40. The zero-order valence-corrected chi connectivity index (χ0v) is 12.7. The summed E-state index contributed by atoms with van der Waals surface area (Å²) in [4.78, 5) is 14.4. The monoisotopic (exact) mass is 271 g/mol. The fourth-order valence-corrected chi connectivity index (χ4v) is 2.51. The highest BCUT2D eigenvalue weighted by molar-refractivity contribution is 5.76. The summed E-state index contributed by atoms with van der Waals surface area (Å²) in [7, 11) is 0. The van der Waals surface area contributed by atoms with E-state index in [1.165, 1.54) is 0 Å². The van der Waals surface area contributed by atoms with Crippen LogP contribution < -0.4 is 0 Å². The van der Waals surface area contributed by atoms with Crippen molar-refractivity contribution in [3.05, 3.63) is 0 Å². The average Bonchev–Trinajstić information content (AvgIpc) is 2.75. The number of carbonyl (C=O) groups excluding carboxylic acids is 1. The lowest BCUT2D eigenvalue weighted by Gasteiger charge is -2.27. The number of rotatable bonds is 7. The number of carbonyl (C=O) groups is 1. The normalized spacial score (nSPS) is 20.7. The molecule has 0 aliphatic carbocycles. The van der Waals surface area contributed by atoms with Crippen LogP contribution in [0.4, 0.5) is 0 Å². The fourth-order valence-electron chi connectivity index (χ4n) is 2.51. The second-order valence-electron chi connectivity index (χ2n) is 6.37. The highest BCUT2D eigenvalue weighted by Gasteiger charge is 2.33. The SMILES string of the molecule is CC(C)(C)OC(=O)[C@@H]1CCCN1CCCCCCO. The van der Waals surface area contributed by atoms with Crippen LogP contribution in [0.2, 0.25) is 0 Å². The molecule has 1 atom stereocenters. The minimum absolute atomic E-state index is 0.0444. The quantitative estimate of drug-likeness (QED) is 0.570. The van der Waals surface area contributed by atoms with E-state index in [1.54, 1.807) is 0 Å². The zero-order valence-electron chi connectivity index (χ0n) is 12.7. The van der Waals surface area contributed by atoms with Gasteiger partial charge in [0.15, 0.2) is 0 Å². The molecule has 1 heterocycles. The van der Waals surface area contributed by atoms with Gasteiger partial charge in [0.2, 0.25) is 0 Å². The predicted octanol–water partition coefficient (Wildman–Crippen LogP) is 2.35. The van der Waals surface area contributed by atoms with Crippen LogP contribution in [-0.2, 0) is 9.53 Å². The van der Waals surface area contributed by atoms with Crippen LogP contribution in [0.5, 0.6) is 0 Å². The Balaban J connectivity index is 2.31. The van der Waals surface area contributed by atoms with Gasteiger partial charge in [-0.25, -0.2) is 0 Å². The second-order valence-corrected chi connectivity index (χ2v) is 6.37. The van der Waals surface area contributed by atoms with Crippen molar-refractivity contribution >= 4 is 5.97 Å². The number of unbranched alkanes of at least 4 members (excludes halogenated alkanes) is 3. The third-order valence-corrected chi connectivity index (χ3v) is 3.40. The van der Waals surface area contributed by atoms with E-state index in [0.717, 1.165) is 51.6 Å². The van der Waals surface area contributed by atoms with Crippen molar-refractivity contribution in [2.24, 2.45) is 0 Å². The Morgan fingerprint density at radius 1 is 1.26 bits per heavy atom. The summed E-state index contributed by atoms with van der Waals surface area (Å²) in [5.74, 6) is -0.0691. The van der Waals surface area contributed by atoms with Gasteiger partial charge in [-0.2, -0.15) is 0 Å². The molecule has 0 spiro atoms. The van der Waals surface area contributed by atoms with Gasteiger partial charge in [-0.3, -0.25) is 9.69 Å². The lowest BCUT2D eigenvalue weighted by molar-refractivity contribution is -0.160. The number of aliphatic hydroxyl groups excluding tert-OH is 1. The molecule has 0 aromatic rings. The zero-order chi connectivity index (χ0) is 14.3. The molecule has 4 nitrogen and oxygen atoms in total. The average molecular weight is 271 g/mol. The molecular formula is C15H29NO3. The molecule has 0 amide bonds. The first-order valence-electron chi connectivity index (χ1n) is 7.52. The molecule has 0 unspecified atom stereocenters. The van der Waals surface area contributed by atoms with Crippen molar-refractivity contribution in [2.75, 3.05) is 19.7 Å². The Morgan fingerprint density at radius 3 is 2.58 bits per heavy atom. The van der Waals surface area contributed by atoms with Crippen LogP contribution in [-0.4, -0.2) is 47.3 Å². The van der Waals surface area contributed by atoms with Crippen LogP contribution >= 0.6 is 0 Å². The fraction of sp³-hybridized carbons (Fsp3) is 0.933. The van der Waals surface area contributed by atoms with Crippen LogP contribution in [0.25, 0.3) is 0 Å². The largest absolute Gasteiger partial charge is 0.459 e. The Hall–Kier alpha value is -0.610. The Morgan fingerprint density at radius 2 is 1.95 bits per heavy atom. The molecule has 19 heavy (non-hydrogen) atoms. The molecule has 112 valence electrons. The van der Waals surface area contributed by atoms with E-state index in [9.17, 15) is 4.79 Å². The molecule has 1 rings (SSSR count). The van der Waals surface area contributed by atoms with E-state index in [1.807, 2.05) is 20.8 Å². The molecule has 1 N–H and O–H groups in total. The maximum Gasteiger partial charge on any atom is 0.323 e. The maximum absolute atomic E-state index is 12.1. The van der Waals surface area contributed by atoms with E-state index in [4.69, 9.17) is 9.84 Å². The van der Waals surface area contributed by atoms with Crippen LogP contribution in [0, 0.1) is 0 Å². The molecule has 1 saturated heterocycles. The third-order valence-electron chi connectivity index (χ3n) is 3.40. The first kappa shape index (κ1) is 16.4. The molecule has 0 saturated carbocycles. The van der Waals surface area contributed by atoms with Crippen molar-refractivity contribution < 1.29 is 14.6 Å². The minimum atomic E-state index is -0.396. The number of nitrogens with zero attached hydrogens (tertiary/aromatic N) is 1. The summed E-state index contributed by atoms with van der Waals surface area (Å²) in [6, 6.07) is -0.0444. The highest BCUT2D eigenvalue weighted by atomic mass is 16.6. The van der Waals surface area contributed by atoms with E-state index in [-0.39, 0.29) is 18.6 Å². The summed E-state index contributed by atoms with van der Waals surface area (Å²) >= 11 is 0. The summed E-state index contributed by atoms with van der Waals surface area (Å²) in [6.07, 6.45) is 6.18. The van der Waals surface area contributed by atoms with E-state index < -0.39 is 5.60 Å². The molecule has 0 bridgehead atoms. The summed E-state index contributed by atoms with van der Waals surface area (Å²) < 4.78 is 5.48. The number of esters is 1. The lowest BCUT2D eigenvalue weighted by atomic mass is 10.1. The van der Waals surface area contributed by atoms with E-state index in [0.29, 0.717) is 0 Å². The smallest absolute Gasteiger partial charge is 0.323 e. The van der Waals surface area contributed by atoms with E-state index >= 15 is 0 Å². The summed E-state index contributed by atoms with van der Waals surface area (Å²) in [5, 5.41) is 8.73. The molecule has 1 fully saturated rings. The molecular weight excluding hydrogens is 242 g/mol. The van der Waals surface area contributed by atoms with Crippen LogP contribution in [0.1, 0.15) is 59.3 Å². The number of aliphatic hydroxyl groups is 1. The first-order chi connectivity index (χ1) is 8.94. The van der Waals surface area contributed by atoms with Crippen molar-refractivity contribution in [2.45, 2.75) is 70.9 Å². The maximum atomic E-state index is 12.1. The van der Waals surface area contributed by atoms with Gasteiger partial charge >= 0.3 is 5.97 Å². The van der Waals surface area contributed by atoms with Gasteiger partial charge in [0.1, 0.15) is 11.6 Å². The van der Waals surface area contributed by atoms with E-state index in [2.05, 4.69) is 4.90 Å². The molecule has 0 aromatic carbocycles. The summed E-state index contributed by atoms with van der Waals surface area (Å²) in [5.41, 5.74) is -0.396. The molecule has 1 aliphatic rings. The Bertz CT molecular complexity index is 273. The van der Waals surface area contributed by atoms with Crippen LogP contribution in [0.3, 0.4) is 0 Å². The van der Waals surface area contributed by atoms with Gasteiger partial charge in [-0.1, -0.05) is 12.8 Å². The van der Waals surface area contributed by atoms with Gasteiger partial charge in [-0.15, -0.1) is 0 Å². The van der Waals surface area contributed by atoms with Gasteiger partial charge in [0, 0.05) is 6.61 Å². The van der Waals surface area contributed by atoms with Gasteiger partial charge in [0.25, 0.3) is 0 Å². The molecule has 0 radical (unpaired) electrons. The van der Waals surface area contributed by atoms with Gasteiger partial charge < -0.3 is 9.84 Å². The molecule has 0 aromatic heterocycles. The second kappa shape index (κ2) is 7.85. The van der Waals surface area contributed by atoms with Crippen molar-refractivity contribution in [1.29, 1.82) is 0 Å². The number of likely N-dealkylation sites (tertiary alicyclic amines) is 1. The van der Waals surface area contributed by atoms with Crippen molar-refractivity contribution in [3.63, 3.8) is 0 Å². The topological polar surface area (TPSA) is 49.8 Å². The Labute approximate surface area is 117 Å². The highest BCUT2D eigenvalue weighted by Crippen LogP contribution is 2.21. The predicted molar refractivity (Wildman–Crippen MR) is 76.0 cm³/mol. The van der Waals surface area contributed by atoms with Crippen molar-refractivity contribution in [1.82, 2.24) is 4.90 Å². The number of hydrogen-bond donors (Lipinski definition) is 1. The summed E-state index contributed by atoms with van der Waals surface area (Å²) in [6.45, 7) is 8.00. The minimum Gasteiger partial charge on any atom is -0.459 e. The third kappa shape index (κ3) is 6.39. The van der Waals surface area contributed by atoms with Crippen molar-refractivity contribution in [3.8, 4) is 0 Å². The standard InChI is InChI=1S/C15H29NO3/c1-15(2,3)19-14(18)13-9-8-11-16(13)10-6-4-5-7-12-17/h13,17H,4-12H2,1-3H3/t13-/m0/s1. The number of hydrogen-bond acceptors (Lipinski definition) is 4. The molecule has 1 aliphatic heterocycles. The Kier molecular flexibility index (Phi) is 6.80. The van der Waals surface area contributed by atoms with Gasteiger partial charge in [0.05, 0.1) is 0 Å². The van der Waals surface area contributed by atoms with Crippen LogP contribution in [0.15, 0.2) is 0 Å². The number of ether oxygens (including phenoxy) is 1. The first-order valence-corrected chi connectivity index (χ1v) is 7.52.